The van der Waals surface area contributed by atoms with Crippen LogP contribution in [-0.2, 0) is 16.0 Å². The van der Waals surface area contributed by atoms with Crippen molar-refractivity contribution in [1.29, 1.82) is 0 Å². The number of ether oxygens (including phenoxy) is 2. The van der Waals surface area contributed by atoms with Crippen molar-refractivity contribution in [3.8, 4) is 0 Å². The van der Waals surface area contributed by atoms with E-state index in [0.29, 0.717) is 26.3 Å². The van der Waals surface area contributed by atoms with Gasteiger partial charge in [-0.05, 0) is 13.8 Å². The highest BCUT2D eigenvalue weighted by atomic mass is 32.1. The molecule has 1 rings (SSSR count). The fourth-order valence-electron chi connectivity index (χ4n) is 1.40. The molecule has 0 amide bonds. The third kappa shape index (κ3) is 8.12. The number of aliphatic hydroxyl groups is 1. The molecule has 6 nitrogen and oxygen atoms in total. The summed E-state index contributed by atoms with van der Waals surface area (Å²) < 4.78 is 10.6. The fourth-order valence-corrected chi connectivity index (χ4v) is 1.98. The van der Waals surface area contributed by atoms with Crippen molar-refractivity contribution in [2.45, 2.75) is 32.6 Å². The Hall–Kier alpha value is -0.730. The van der Waals surface area contributed by atoms with Crippen LogP contribution in [0.4, 0.5) is 0 Å². The first kappa shape index (κ1) is 16.3. The van der Waals surface area contributed by atoms with Crippen molar-refractivity contribution in [2.24, 2.45) is 0 Å². The van der Waals surface area contributed by atoms with Gasteiger partial charge in [0.1, 0.15) is 0 Å². The van der Waals surface area contributed by atoms with Gasteiger partial charge in [-0.1, -0.05) is 11.3 Å². The maximum atomic E-state index is 10.9. The summed E-state index contributed by atoms with van der Waals surface area (Å²) >= 11 is 1.13. The van der Waals surface area contributed by atoms with Gasteiger partial charge in [0.2, 0.25) is 0 Å². The Morgan fingerprint density at radius 2 is 2.26 bits per heavy atom. The molecule has 19 heavy (non-hydrogen) atoms. The van der Waals surface area contributed by atoms with Crippen molar-refractivity contribution in [1.82, 2.24) is 10.3 Å². The van der Waals surface area contributed by atoms with Gasteiger partial charge in [0, 0.05) is 24.2 Å². The molecule has 0 radical (unpaired) electrons. The van der Waals surface area contributed by atoms with Crippen LogP contribution in [0.5, 0.6) is 0 Å². The highest BCUT2D eigenvalue weighted by Crippen LogP contribution is 1.95. The van der Waals surface area contributed by atoms with E-state index in [0.717, 1.165) is 17.0 Å². The summed E-state index contributed by atoms with van der Waals surface area (Å²) in [6.07, 6.45) is -0.368. The lowest BCUT2D eigenvalue weighted by Gasteiger charge is -2.12. The van der Waals surface area contributed by atoms with Gasteiger partial charge in [0.15, 0.2) is 0 Å². The summed E-state index contributed by atoms with van der Waals surface area (Å²) in [4.78, 5) is 13.5. The van der Waals surface area contributed by atoms with E-state index < -0.39 is 6.10 Å². The van der Waals surface area contributed by atoms with Crippen molar-refractivity contribution in [3.05, 3.63) is 20.7 Å². The molecule has 7 heteroatoms. The standard InChI is InChI=1S/C12H22N2O4S/c1-9(2)18-4-3-17-7-11(15)6-13-5-10-8-19-12(16)14-10/h8-9,11,13,15H,3-7H2,1-2H3,(H,14,16). The predicted molar refractivity (Wildman–Crippen MR) is 74.6 cm³/mol. The molecule has 0 bridgehead atoms. The van der Waals surface area contributed by atoms with Crippen molar-refractivity contribution in [3.63, 3.8) is 0 Å². The van der Waals surface area contributed by atoms with Gasteiger partial charge in [-0.2, -0.15) is 0 Å². The summed E-state index contributed by atoms with van der Waals surface area (Å²) in [5, 5.41) is 14.5. The van der Waals surface area contributed by atoms with Crippen molar-refractivity contribution in [2.75, 3.05) is 26.4 Å². The molecule has 0 aliphatic heterocycles. The number of H-pyrrole nitrogens is 1. The smallest absolute Gasteiger partial charge is 0.304 e. The summed E-state index contributed by atoms with van der Waals surface area (Å²) in [5.74, 6) is 0. The summed E-state index contributed by atoms with van der Waals surface area (Å²) in [5.41, 5.74) is 0.827. The van der Waals surface area contributed by atoms with Crippen molar-refractivity contribution < 1.29 is 14.6 Å². The third-order valence-corrected chi connectivity index (χ3v) is 2.97. The fraction of sp³-hybridized carbons (Fsp3) is 0.750. The van der Waals surface area contributed by atoms with Crippen LogP contribution in [0, 0.1) is 0 Å². The minimum absolute atomic E-state index is 0.0640. The summed E-state index contributed by atoms with van der Waals surface area (Å²) in [6.45, 7) is 6.17. The average Bonchev–Trinajstić information content (AvgIpc) is 2.74. The molecule has 1 aromatic heterocycles. The van der Waals surface area contributed by atoms with Gasteiger partial charge in [0.05, 0.1) is 32.0 Å². The maximum Gasteiger partial charge on any atom is 0.304 e. The van der Waals surface area contributed by atoms with E-state index in [1.165, 1.54) is 0 Å². The molecular weight excluding hydrogens is 268 g/mol. The number of aliphatic hydroxyl groups excluding tert-OH is 1. The predicted octanol–water partition coefficient (Wildman–Crippen LogP) is 0.329. The Labute approximate surface area is 116 Å². The quantitative estimate of drug-likeness (QED) is 0.541. The minimum atomic E-state index is -0.565. The summed E-state index contributed by atoms with van der Waals surface area (Å²) in [7, 11) is 0. The van der Waals surface area contributed by atoms with Crippen LogP contribution >= 0.6 is 11.3 Å². The van der Waals surface area contributed by atoms with Gasteiger partial charge in [-0.25, -0.2) is 0 Å². The average molecular weight is 290 g/mol. The Bertz CT molecular complexity index is 391. The van der Waals surface area contributed by atoms with Gasteiger partial charge in [-0.3, -0.25) is 4.79 Å². The summed E-state index contributed by atoms with van der Waals surface area (Å²) in [6, 6.07) is 0. The van der Waals surface area contributed by atoms with Crippen LogP contribution in [0.25, 0.3) is 0 Å². The van der Waals surface area contributed by atoms with Gasteiger partial charge in [-0.15, -0.1) is 0 Å². The Morgan fingerprint density at radius 1 is 1.47 bits per heavy atom. The second-order valence-corrected chi connectivity index (χ2v) is 5.29. The number of rotatable bonds is 10. The van der Waals surface area contributed by atoms with E-state index >= 15 is 0 Å². The molecule has 1 heterocycles. The SMILES string of the molecule is CC(C)OCCOCC(O)CNCc1csc(=O)[nH]1. The second-order valence-electron chi connectivity index (χ2n) is 4.45. The first-order valence-electron chi connectivity index (χ1n) is 6.32. The van der Waals surface area contributed by atoms with E-state index in [1.54, 1.807) is 5.38 Å². The molecule has 1 aromatic rings. The maximum absolute atomic E-state index is 10.9. The number of aromatic nitrogens is 1. The Kier molecular flexibility index (Phi) is 7.92. The molecule has 0 saturated carbocycles. The number of hydrogen-bond acceptors (Lipinski definition) is 6. The van der Waals surface area contributed by atoms with Gasteiger partial charge >= 0.3 is 4.87 Å². The molecule has 0 fully saturated rings. The third-order valence-electron chi connectivity index (χ3n) is 2.26. The molecule has 0 aromatic carbocycles. The highest BCUT2D eigenvalue weighted by molar-refractivity contribution is 7.07. The zero-order valence-corrected chi connectivity index (χ0v) is 12.2. The lowest BCUT2D eigenvalue weighted by atomic mass is 10.3. The zero-order chi connectivity index (χ0) is 14.1. The van der Waals surface area contributed by atoms with Crippen LogP contribution in [0.2, 0.25) is 0 Å². The molecule has 1 unspecified atom stereocenters. The van der Waals surface area contributed by atoms with E-state index in [9.17, 15) is 9.90 Å². The first-order valence-corrected chi connectivity index (χ1v) is 7.20. The van der Waals surface area contributed by atoms with Crippen LogP contribution in [0.15, 0.2) is 10.2 Å². The van der Waals surface area contributed by atoms with E-state index in [-0.39, 0.29) is 17.6 Å². The van der Waals surface area contributed by atoms with E-state index in [2.05, 4.69) is 10.3 Å². The van der Waals surface area contributed by atoms with Crippen LogP contribution < -0.4 is 10.2 Å². The molecule has 1 atom stereocenters. The number of aromatic amines is 1. The number of nitrogens with one attached hydrogen (secondary N) is 2. The van der Waals surface area contributed by atoms with E-state index in [4.69, 9.17) is 9.47 Å². The molecule has 110 valence electrons. The molecular formula is C12H22N2O4S. The molecule has 0 saturated heterocycles. The molecule has 0 aliphatic rings. The highest BCUT2D eigenvalue weighted by Gasteiger charge is 2.04. The monoisotopic (exact) mass is 290 g/mol. The molecule has 0 aliphatic carbocycles. The van der Waals surface area contributed by atoms with Gasteiger partial charge in [0.25, 0.3) is 0 Å². The van der Waals surface area contributed by atoms with Crippen LogP contribution in [0.3, 0.4) is 0 Å². The largest absolute Gasteiger partial charge is 0.389 e. The van der Waals surface area contributed by atoms with Crippen LogP contribution in [0.1, 0.15) is 19.5 Å². The number of thiazole rings is 1. The number of hydrogen-bond donors (Lipinski definition) is 3. The lowest BCUT2D eigenvalue weighted by molar-refractivity contribution is -0.0100. The van der Waals surface area contributed by atoms with Gasteiger partial charge < -0.3 is 24.9 Å². The first-order chi connectivity index (χ1) is 9.08. The Morgan fingerprint density at radius 3 is 2.89 bits per heavy atom. The second kappa shape index (κ2) is 9.22. The molecule has 0 spiro atoms. The Balaban J connectivity index is 1.98. The normalized spacial score (nSPS) is 13.1. The van der Waals surface area contributed by atoms with Crippen LogP contribution in [-0.4, -0.2) is 48.7 Å². The lowest BCUT2D eigenvalue weighted by Crippen LogP contribution is -2.30. The minimum Gasteiger partial charge on any atom is -0.389 e. The van der Waals surface area contributed by atoms with E-state index in [1.807, 2.05) is 13.8 Å². The zero-order valence-electron chi connectivity index (χ0n) is 11.3. The van der Waals surface area contributed by atoms with Crippen molar-refractivity contribution >= 4 is 11.3 Å². The topological polar surface area (TPSA) is 83.6 Å². The molecule has 3 N–H and O–H groups in total.